The van der Waals surface area contributed by atoms with E-state index in [9.17, 15) is 0 Å². The topological polar surface area (TPSA) is 33.0 Å². The van der Waals surface area contributed by atoms with Crippen molar-refractivity contribution in [2.45, 2.75) is 33.1 Å². The van der Waals surface area contributed by atoms with E-state index in [0.717, 1.165) is 25.0 Å². The van der Waals surface area contributed by atoms with Crippen LogP contribution in [0.25, 0.3) is 0 Å². The number of hydrogen-bond donors (Lipinski definition) is 0. The second kappa shape index (κ2) is 3.83. The molecular weight excluding hydrogens is 198 g/mol. The van der Waals surface area contributed by atoms with Crippen LogP contribution in [0.5, 0.6) is 5.75 Å². The fourth-order valence-electron chi connectivity index (χ4n) is 2.11. The molecule has 0 N–H and O–H groups in total. The van der Waals surface area contributed by atoms with Crippen LogP contribution in [0.4, 0.5) is 0 Å². The molecule has 0 atom stereocenters. The molecule has 1 aliphatic rings. The van der Waals surface area contributed by atoms with Crippen LogP contribution in [0.1, 0.15) is 29.5 Å². The molecule has 0 spiro atoms. The lowest BCUT2D eigenvalue weighted by Gasteiger charge is -2.14. The number of nitriles is 1. The molecule has 0 amide bonds. The second-order valence-electron chi connectivity index (χ2n) is 4.75. The summed E-state index contributed by atoms with van der Waals surface area (Å²) >= 11 is 0. The molecule has 2 rings (SSSR count). The first kappa shape index (κ1) is 11.0. The maximum atomic E-state index is 9.10. The Balaban J connectivity index is 2.30. The Hall–Kier alpha value is -1.49. The van der Waals surface area contributed by atoms with Crippen molar-refractivity contribution in [1.82, 2.24) is 0 Å². The van der Waals surface area contributed by atoms with E-state index in [4.69, 9.17) is 10.00 Å². The van der Waals surface area contributed by atoms with Gasteiger partial charge in [0.15, 0.2) is 0 Å². The fraction of sp³-hybridized carbons (Fsp3) is 0.500. The molecule has 0 bridgehead atoms. The first-order valence-electron chi connectivity index (χ1n) is 5.66. The largest absolute Gasteiger partial charge is 0.496 e. The van der Waals surface area contributed by atoms with Gasteiger partial charge in [-0.1, -0.05) is 6.07 Å². The maximum Gasteiger partial charge on any atom is 0.122 e. The minimum absolute atomic E-state index is 0.0637. The summed E-state index contributed by atoms with van der Waals surface area (Å²) in [6.45, 7) is 4.18. The Morgan fingerprint density at radius 3 is 2.50 bits per heavy atom. The van der Waals surface area contributed by atoms with E-state index in [1.54, 1.807) is 7.11 Å². The lowest BCUT2D eigenvalue weighted by molar-refractivity contribution is 0.411. The van der Waals surface area contributed by atoms with Crippen LogP contribution in [0.3, 0.4) is 0 Å². The first-order valence-corrected chi connectivity index (χ1v) is 5.66. The monoisotopic (exact) mass is 215 g/mol. The van der Waals surface area contributed by atoms with E-state index in [1.165, 1.54) is 16.7 Å². The molecular formula is C14H17NO. The van der Waals surface area contributed by atoms with Crippen molar-refractivity contribution in [2.24, 2.45) is 5.41 Å². The van der Waals surface area contributed by atoms with Crippen LogP contribution in [0.15, 0.2) is 12.1 Å². The average Bonchev–Trinajstić information content (AvgIpc) is 3.06. The summed E-state index contributed by atoms with van der Waals surface area (Å²) in [6.07, 6.45) is 2.99. The molecule has 2 heteroatoms. The standard InChI is InChI=1S/C14H17NO/c1-10-11(2)13(16-3)5-4-12(10)8-14(9-15)6-7-14/h4-5H,6-8H2,1-3H3. The molecule has 0 radical (unpaired) electrons. The van der Waals surface area contributed by atoms with Gasteiger partial charge in [-0.25, -0.2) is 0 Å². The highest BCUT2D eigenvalue weighted by Gasteiger charge is 2.43. The summed E-state index contributed by atoms with van der Waals surface area (Å²) < 4.78 is 5.29. The summed E-state index contributed by atoms with van der Waals surface area (Å²) in [5, 5.41) is 9.10. The van der Waals surface area contributed by atoms with E-state index in [0.29, 0.717) is 0 Å². The number of nitrogens with zero attached hydrogens (tertiary/aromatic N) is 1. The molecule has 0 unspecified atom stereocenters. The molecule has 1 aliphatic carbocycles. The number of methoxy groups -OCH3 is 1. The zero-order valence-corrected chi connectivity index (χ0v) is 10.1. The van der Waals surface area contributed by atoms with Crippen molar-refractivity contribution < 1.29 is 4.74 Å². The van der Waals surface area contributed by atoms with Crippen molar-refractivity contribution in [2.75, 3.05) is 7.11 Å². The molecule has 0 aliphatic heterocycles. The Kier molecular flexibility index (Phi) is 2.63. The van der Waals surface area contributed by atoms with Gasteiger partial charge in [-0.15, -0.1) is 0 Å². The highest BCUT2D eigenvalue weighted by atomic mass is 16.5. The van der Waals surface area contributed by atoms with Gasteiger partial charge in [-0.05, 0) is 55.9 Å². The van der Waals surface area contributed by atoms with Crippen LogP contribution >= 0.6 is 0 Å². The van der Waals surface area contributed by atoms with Crippen molar-refractivity contribution in [1.29, 1.82) is 5.26 Å². The lowest BCUT2D eigenvalue weighted by atomic mass is 9.92. The van der Waals surface area contributed by atoms with Gasteiger partial charge in [0, 0.05) is 0 Å². The maximum absolute atomic E-state index is 9.10. The van der Waals surface area contributed by atoms with Gasteiger partial charge in [-0.3, -0.25) is 0 Å². The zero-order valence-electron chi connectivity index (χ0n) is 10.1. The van der Waals surface area contributed by atoms with Gasteiger partial charge in [0.25, 0.3) is 0 Å². The van der Waals surface area contributed by atoms with Gasteiger partial charge in [-0.2, -0.15) is 5.26 Å². The Morgan fingerprint density at radius 2 is 2.00 bits per heavy atom. The summed E-state index contributed by atoms with van der Waals surface area (Å²) in [6, 6.07) is 6.55. The molecule has 1 saturated carbocycles. The molecule has 16 heavy (non-hydrogen) atoms. The first-order chi connectivity index (χ1) is 7.62. The minimum atomic E-state index is -0.0637. The highest BCUT2D eigenvalue weighted by Crippen LogP contribution is 2.48. The number of rotatable bonds is 3. The van der Waals surface area contributed by atoms with E-state index < -0.39 is 0 Å². The SMILES string of the molecule is COc1ccc(CC2(C#N)CC2)c(C)c1C. The van der Waals surface area contributed by atoms with Crippen LogP contribution in [-0.4, -0.2) is 7.11 Å². The van der Waals surface area contributed by atoms with E-state index in [1.807, 2.05) is 6.07 Å². The number of benzene rings is 1. The van der Waals surface area contributed by atoms with Gasteiger partial charge in [0.05, 0.1) is 18.6 Å². The highest BCUT2D eigenvalue weighted by molar-refractivity contribution is 5.44. The van der Waals surface area contributed by atoms with E-state index >= 15 is 0 Å². The summed E-state index contributed by atoms with van der Waals surface area (Å²) in [4.78, 5) is 0. The van der Waals surface area contributed by atoms with Crippen LogP contribution in [0, 0.1) is 30.6 Å². The smallest absolute Gasteiger partial charge is 0.122 e. The van der Waals surface area contributed by atoms with Gasteiger partial charge in [0.1, 0.15) is 5.75 Å². The van der Waals surface area contributed by atoms with Crippen molar-refractivity contribution >= 4 is 0 Å². The number of hydrogen-bond acceptors (Lipinski definition) is 2. The fourth-order valence-corrected chi connectivity index (χ4v) is 2.11. The van der Waals surface area contributed by atoms with Crippen LogP contribution < -0.4 is 4.74 Å². The van der Waals surface area contributed by atoms with Gasteiger partial charge < -0.3 is 4.74 Å². The Morgan fingerprint density at radius 1 is 1.31 bits per heavy atom. The minimum Gasteiger partial charge on any atom is -0.496 e. The molecule has 0 saturated heterocycles. The predicted molar refractivity (Wildman–Crippen MR) is 63.5 cm³/mol. The molecule has 0 aromatic heterocycles. The van der Waals surface area contributed by atoms with Gasteiger partial charge >= 0.3 is 0 Å². The lowest BCUT2D eigenvalue weighted by Crippen LogP contribution is -2.04. The molecule has 2 nitrogen and oxygen atoms in total. The van der Waals surface area contributed by atoms with E-state index in [2.05, 4.69) is 26.0 Å². The van der Waals surface area contributed by atoms with Gasteiger partial charge in [0.2, 0.25) is 0 Å². The summed E-state index contributed by atoms with van der Waals surface area (Å²) in [5.74, 6) is 0.933. The van der Waals surface area contributed by atoms with E-state index in [-0.39, 0.29) is 5.41 Å². The summed E-state index contributed by atoms with van der Waals surface area (Å²) in [5.41, 5.74) is 3.68. The van der Waals surface area contributed by atoms with Crippen molar-refractivity contribution in [3.8, 4) is 11.8 Å². The Labute approximate surface area is 96.9 Å². The molecule has 0 heterocycles. The zero-order chi connectivity index (χ0) is 11.8. The molecule has 84 valence electrons. The second-order valence-corrected chi connectivity index (χ2v) is 4.75. The third kappa shape index (κ3) is 1.78. The normalized spacial score (nSPS) is 16.6. The quantitative estimate of drug-likeness (QED) is 0.776. The predicted octanol–water partition coefficient (Wildman–Crippen LogP) is 3.16. The molecule has 1 aromatic carbocycles. The Bertz CT molecular complexity index is 453. The molecule has 1 fully saturated rings. The van der Waals surface area contributed by atoms with Crippen molar-refractivity contribution in [3.05, 3.63) is 28.8 Å². The summed E-state index contributed by atoms with van der Waals surface area (Å²) in [7, 11) is 1.69. The van der Waals surface area contributed by atoms with Crippen molar-refractivity contribution in [3.63, 3.8) is 0 Å². The van der Waals surface area contributed by atoms with Crippen LogP contribution in [-0.2, 0) is 6.42 Å². The molecule has 1 aromatic rings. The number of ether oxygens (including phenoxy) is 1. The third-order valence-electron chi connectivity index (χ3n) is 3.69. The van der Waals surface area contributed by atoms with Crippen LogP contribution in [0.2, 0.25) is 0 Å². The third-order valence-corrected chi connectivity index (χ3v) is 3.69. The average molecular weight is 215 g/mol.